The number of hydrogen-bond acceptors (Lipinski definition) is 3. The topological polar surface area (TPSA) is 38.8 Å². The minimum atomic E-state index is -0.106. The lowest BCUT2D eigenvalue weighted by Crippen LogP contribution is -2.30. The summed E-state index contributed by atoms with van der Waals surface area (Å²) in [6.45, 7) is 2.94. The molecule has 128 valence electrons. The van der Waals surface area contributed by atoms with Crippen molar-refractivity contribution in [2.45, 2.75) is 13.5 Å². The molecule has 0 aliphatic rings. The second kappa shape index (κ2) is 8.27. The van der Waals surface area contributed by atoms with Crippen LogP contribution in [0.25, 0.3) is 0 Å². The molecule has 0 atom stereocenters. The van der Waals surface area contributed by atoms with E-state index < -0.39 is 0 Å². The molecule has 0 N–H and O–H groups in total. The van der Waals surface area contributed by atoms with Crippen LogP contribution >= 0.6 is 23.2 Å². The van der Waals surface area contributed by atoms with Crippen LogP contribution in [0.15, 0.2) is 36.4 Å². The number of rotatable bonds is 6. The third kappa shape index (κ3) is 4.13. The molecule has 0 spiro atoms. The molecular weight excluding hydrogens is 349 g/mol. The summed E-state index contributed by atoms with van der Waals surface area (Å²) in [5.74, 6) is 1.18. The van der Waals surface area contributed by atoms with E-state index in [0.717, 1.165) is 5.56 Å². The summed E-state index contributed by atoms with van der Waals surface area (Å²) in [7, 11) is 3.17. The van der Waals surface area contributed by atoms with Gasteiger partial charge >= 0.3 is 0 Å². The van der Waals surface area contributed by atoms with E-state index in [-0.39, 0.29) is 5.91 Å². The van der Waals surface area contributed by atoms with Crippen molar-refractivity contribution in [2.75, 3.05) is 20.8 Å². The number of amides is 1. The van der Waals surface area contributed by atoms with E-state index in [1.165, 1.54) is 0 Å². The molecule has 24 heavy (non-hydrogen) atoms. The molecule has 0 bridgehead atoms. The highest BCUT2D eigenvalue weighted by atomic mass is 35.5. The number of nitrogens with zero attached hydrogens (tertiary/aromatic N) is 1. The summed E-state index contributed by atoms with van der Waals surface area (Å²) >= 11 is 11.9. The van der Waals surface area contributed by atoms with Gasteiger partial charge in [0.05, 0.1) is 24.3 Å². The van der Waals surface area contributed by atoms with Crippen LogP contribution in [0.1, 0.15) is 22.8 Å². The van der Waals surface area contributed by atoms with Gasteiger partial charge in [-0.1, -0.05) is 29.3 Å². The highest BCUT2D eigenvalue weighted by Crippen LogP contribution is 2.28. The molecule has 4 nitrogen and oxygen atoms in total. The summed E-state index contributed by atoms with van der Waals surface area (Å²) in [6, 6.07) is 10.5. The number of benzene rings is 2. The quantitative estimate of drug-likeness (QED) is 0.744. The number of carbonyl (C=O) groups is 1. The van der Waals surface area contributed by atoms with Crippen molar-refractivity contribution >= 4 is 29.1 Å². The number of hydrogen-bond donors (Lipinski definition) is 0. The molecule has 0 saturated heterocycles. The van der Waals surface area contributed by atoms with Crippen LogP contribution in [0.2, 0.25) is 10.0 Å². The molecule has 0 aliphatic heterocycles. The van der Waals surface area contributed by atoms with Crippen LogP contribution in [0, 0.1) is 0 Å². The number of methoxy groups -OCH3 is 2. The summed E-state index contributed by atoms with van der Waals surface area (Å²) in [6.07, 6.45) is 0. The van der Waals surface area contributed by atoms with E-state index in [2.05, 4.69) is 0 Å². The number of carbonyl (C=O) groups excluding carboxylic acids is 1. The van der Waals surface area contributed by atoms with E-state index in [1.54, 1.807) is 37.3 Å². The molecule has 1 amide bonds. The van der Waals surface area contributed by atoms with Gasteiger partial charge in [0.15, 0.2) is 11.5 Å². The lowest BCUT2D eigenvalue weighted by Gasteiger charge is -2.22. The maximum Gasteiger partial charge on any atom is 0.254 e. The van der Waals surface area contributed by atoms with Crippen LogP contribution in [-0.2, 0) is 6.54 Å². The van der Waals surface area contributed by atoms with E-state index in [0.29, 0.717) is 40.2 Å². The second-order valence-electron chi connectivity index (χ2n) is 5.14. The predicted octanol–water partition coefficient (Wildman–Crippen LogP) is 4.67. The van der Waals surface area contributed by atoms with Crippen molar-refractivity contribution in [1.82, 2.24) is 4.90 Å². The van der Waals surface area contributed by atoms with E-state index in [9.17, 15) is 4.79 Å². The number of halogens is 2. The molecule has 0 heterocycles. The van der Waals surface area contributed by atoms with Gasteiger partial charge in [-0.15, -0.1) is 0 Å². The Morgan fingerprint density at radius 2 is 1.71 bits per heavy atom. The van der Waals surface area contributed by atoms with Gasteiger partial charge in [0, 0.05) is 18.7 Å². The van der Waals surface area contributed by atoms with Crippen molar-refractivity contribution in [2.24, 2.45) is 0 Å². The molecular formula is C18H19Cl2NO3. The minimum Gasteiger partial charge on any atom is -0.493 e. The summed E-state index contributed by atoms with van der Waals surface area (Å²) in [5, 5.41) is 0.792. The summed E-state index contributed by atoms with van der Waals surface area (Å²) < 4.78 is 10.5. The minimum absolute atomic E-state index is 0.106. The molecule has 2 rings (SSSR count). The summed E-state index contributed by atoms with van der Waals surface area (Å²) in [5.41, 5.74) is 1.45. The van der Waals surface area contributed by atoms with E-state index >= 15 is 0 Å². The lowest BCUT2D eigenvalue weighted by atomic mass is 10.1. The molecule has 0 unspecified atom stereocenters. The van der Waals surface area contributed by atoms with Crippen molar-refractivity contribution in [1.29, 1.82) is 0 Å². The van der Waals surface area contributed by atoms with Gasteiger partial charge in [-0.3, -0.25) is 4.79 Å². The number of ether oxygens (including phenoxy) is 2. The lowest BCUT2D eigenvalue weighted by molar-refractivity contribution is 0.0752. The SMILES string of the molecule is CCN(Cc1ccc(OC)c(OC)c1)C(=O)c1ccc(Cl)c(Cl)c1. The first kappa shape index (κ1) is 18.4. The van der Waals surface area contributed by atoms with Gasteiger partial charge in [0.1, 0.15) is 0 Å². The summed E-state index contributed by atoms with van der Waals surface area (Å²) in [4.78, 5) is 14.4. The zero-order chi connectivity index (χ0) is 17.7. The maximum atomic E-state index is 12.7. The van der Waals surface area contributed by atoms with Gasteiger partial charge in [-0.2, -0.15) is 0 Å². The largest absolute Gasteiger partial charge is 0.493 e. The molecule has 0 saturated carbocycles. The first-order valence-electron chi connectivity index (χ1n) is 7.45. The molecule has 2 aromatic rings. The Kier molecular flexibility index (Phi) is 6.35. The Hall–Kier alpha value is -1.91. The Morgan fingerprint density at radius 3 is 2.29 bits per heavy atom. The molecule has 6 heteroatoms. The van der Waals surface area contributed by atoms with Crippen LogP contribution in [0.3, 0.4) is 0 Å². The monoisotopic (exact) mass is 367 g/mol. The Bertz CT molecular complexity index is 734. The fourth-order valence-corrected chi connectivity index (χ4v) is 2.64. The van der Waals surface area contributed by atoms with Gasteiger partial charge in [-0.25, -0.2) is 0 Å². The van der Waals surface area contributed by atoms with Gasteiger partial charge in [0.2, 0.25) is 0 Å². The van der Waals surface area contributed by atoms with Crippen molar-refractivity contribution in [3.63, 3.8) is 0 Å². The van der Waals surface area contributed by atoms with Gasteiger partial charge in [0.25, 0.3) is 5.91 Å². The standard InChI is InChI=1S/C18H19Cl2NO3/c1-4-21(18(22)13-6-7-14(19)15(20)10-13)11-12-5-8-16(23-2)17(9-12)24-3/h5-10H,4,11H2,1-3H3. The zero-order valence-corrected chi connectivity index (χ0v) is 15.3. The van der Waals surface area contributed by atoms with Gasteiger partial charge < -0.3 is 14.4 Å². The Balaban J connectivity index is 2.22. The second-order valence-corrected chi connectivity index (χ2v) is 5.95. The van der Waals surface area contributed by atoms with Crippen LogP contribution in [0.4, 0.5) is 0 Å². The average molecular weight is 368 g/mol. The molecule has 2 aromatic carbocycles. The molecule has 0 fully saturated rings. The van der Waals surface area contributed by atoms with Crippen molar-refractivity contribution < 1.29 is 14.3 Å². The van der Waals surface area contributed by atoms with Crippen LogP contribution in [-0.4, -0.2) is 31.6 Å². The van der Waals surface area contributed by atoms with Crippen LogP contribution < -0.4 is 9.47 Å². The molecule has 0 aromatic heterocycles. The molecule has 0 aliphatic carbocycles. The van der Waals surface area contributed by atoms with E-state index in [4.69, 9.17) is 32.7 Å². The highest BCUT2D eigenvalue weighted by molar-refractivity contribution is 6.42. The highest BCUT2D eigenvalue weighted by Gasteiger charge is 2.16. The molecule has 0 radical (unpaired) electrons. The fourth-order valence-electron chi connectivity index (χ4n) is 2.34. The maximum absolute atomic E-state index is 12.7. The Morgan fingerprint density at radius 1 is 1.00 bits per heavy atom. The van der Waals surface area contributed by atoms with Crippen molar-refractivity contribution in [3.05, 3.63) is 57.6 Å². The fraction of sp³-hybridized carbons (Fsp3) is 0.278. The van der Waals surface area contributed by atoms with Crippen molar-refractivity contribution in [3.8, 4) is 11.5 Å². The smallest absolute Gasteiger partial charge is 0.254 e. The third-order valence-electron chi connectivity index (χ3n) is 3.66. The predicted molar refractivity (Wildman–Crippen MR) is 96.4 cm³/mol. The third-order valence-corrected chi connectivity index (χ3v) is 4.40. The first-order valence-corrected chi connectivity index (χ1v) is 8.21. The first-order chi connectivity index (χ1) is 11.5. The Labute approximate surface area is 151 Å². The normalized spacial score (nSPS) is 10.4. The van der Waals surface area contributed by atoms with Gasteiger partial charge in [-0.05, 0) is 42.8 Å². The van der Waals surface area contributed by atoms with Crippen LogP contribution in [0.5, 0.6) is 11.5 Å². The average Bonchev–Trinajstić information content (AvgIpc) is 2.61. The zero-order valence-electron chi connectivity index (χ0n) is 13.8. The van der Waals surface area contributed by atoms with E-state index in [1.807, 2.05) is 25.1 Å².